The molecule has 0 spiro atoms. The third-order valence-corrected chi connectivity index (χ3v) is 3.23. The van der Waals surface area contributed by atoms with Gasteiger partial charge in [0, 0.05) is 11.4 Å². The second kappa shape index (κ2) is 3.80. The molecule has 0 radical (unpaired) electrons. The smallest absolute Gasteiger partial charge is 0.0690 e. The van der Waals surface area contributed by atoms with Crippen LogP contribution in [0.25, 0.3) is 0 Å². The van der Waals surface area contributed by atoms with Crippen LogP contribution >= 0.6 is 11.6 Å². The van der Waals surface area contributed by atoms with Crippen molar-refractivity contribution < 1.29 is 5.11 Å². The van der Waals surface area contributed by atoms with E-state index in [-0.39, 0.29) is 0 Å². The lowest BCUT2D eigenvalue weighted by Gasteiger charge is -2.12. The molecule has 1 nitrogen and oxygen atoms in total. The van der Waals surface area contributed by atoms with Gasteiger partial charge in [-0.25, -0.2) is 0 Å². The lowest BCUT2D eigenvalue weighted by molar-refractivity contribution is 0.151. The molecular weight excluding hydrogens is 208 g/mol. The minimum Gasteiger partial charge on any atom is -0.390 e. The van der Waals surface area contributed by atoms with Crippen molar-refractivity contribution in [3.05, 3.63) is 34.3 Å². The summed E-state index contributed by atoms with van der Waals surface area (Å²) < 4.78 is 0. The summed E-state index contributed by atoms with van der Waals surface area (Å²) in [5.74, 6) is 0.483. The van der Waals surface area contributed by atoms with E-state index < -0.39 is 5.60 Å². The van der Waals surface area contributed by atoms with Crippen molar-refractivity contribution in [2.75, 3.05) is 0 Å². The predicted octanol–water partition coefficient (Wildman–Crippen LogP) is 3.53. The van der Waals surface area contributed by atoms with E-state index in [9.17, 15) is 5.11 Å². The van der Waals surface area contributed by atoms with Crippen molar-refractivity contribution in [2.45, 2.75) is 44.6 Å². The highest BCUT2D eigenvalue weighted by Gasteiger charge is 2.40. The van der Waals surface area contributed by atoms with Gasteiger partial charge in [-0.05, 0) is 42.0 Å². The molecule has 1 aliphatic carbocycles. The van der Waals surface area contributed by atoms with Crippen LogP contribution in [-0.2, 0) is 6.42 Å². The third-order valence-electron chi connectivity index (χ3n) is 3.01. The SMILES string of the molecule is CC(C)c1cc(Cl)cc(CC2(O)CC2)c1. The number of hydrogen-bond acceptors (Lipinski definition) is 1. The first-order valence-corrected chi connectivity index (χ1v) is 5.88. The first-order valence-electron chi connectivity index (χ1n) is 5.50. The Morgan fingerprint density at radius 1 is 1.33 bits per heavy atom. The average Bonchev–Trinajstić information content (AvgIpc) is 2.81. The van der Waals surface area contributed by atoms with Crippen LogP contribution in [0, 0.1) is 0 Å². The van der Waals surface area contributed by atoms with Crippen LogP contribution in [-0.4, -0.2) is 10.7 Å². The summed E-state index contributed by atoms with van der Waals surface area (Å²) in [6, 6.07) is 6.13. The third kappa shape index (κ3) is 2.73. The van der Waals surface area contributed by atoms with Crippen LogP contribution in [0.4, 0.5) is 0 Å². The Morgan fingerprint density at radius 3 is 2.53 bits per heavy atom. The van der Waals surface area contributed by atoms with E-state index in [1.54, 1.807) is 0 Å². The van der Waals surface area contributed by atoms with Gasteiger partial charge in [-0.2, -0.15) is 0 Å². The van der Waals surface area contributed by atoms with E-state index in [0.29, 0.717) is 5.92 Å². The standard InChI is InChI=1S/C13H17ClO/c1-9(2)11-5-10(6-12(14)7-11)8-13(15)3-4-13/h5-7,9,15H,3-4,8H2,1-2H3. The van der Waals surface area contributed by atoms with E-state index in [1.807, 2.05) is 12.1 Å². The second-order valence-electron chi connectivity index (χ2n) is 4.95. The first kappa shape index (κ1) is 11.0. The van der Waals surface area contributed by atoms with Gasteiger partial charge in [0.2, 0.25) is 0 Å². The maximum atomic E-state index is 9.86. The van der Waals surface area contributed by atoms with Crippen molar-refractivity contribution in [1.82, 2.24) is 0 Å². The quantitative estimate of drug-likeness (QED) is 0.833. The van der Waals surface area contributed by atoms with E-state index >= 15 is 0 Å². The van der Waals surface area contributed by atoms with Crippen molar-refractivity contribution >= 4 is 11.6 Å². The summed E-state index contributed by atoms with van der Waals surface area (Å²) in [7, 11) is 0. The van der Waals surface area contributed by atoms with Crippen LogP contribution < -0.4 is 0 Å². The van der Waals surface area contributed by atoms with Crippen molar-refractivity contribution in [3.63, 3.8) is 0 Å². The van der Waals surface area contributed by atoms with Crippen LogP contribution in [0.1, 0.15) is 43.7 Å². The molecule has 2 heteroatoms. The van der Waals surface area contributed by atoms with Crippen LogP contribution in [0.15, 0.2) is 18.2 Å². The predicted molar refractivity (Wildman–Crippen MR) is 63.4 cm³/mol. The molecule has 1 aliphatic rings. The summed E-state index contributed by atoms with van der Waals surface area (Å²) in [5.41, 5.74) is 1.98. The molecule has 82 valence electrons. The zero-order valence-corrected chi connectivity index (χ0v) is 10.0. The van der Waals surface area contributed by atoms with Gasteiger partial charge in [0.15, 0.2) is 0 Å². The molecule has 0 amide bonds. The molecule has 1 fully saturated rings. The Kier molecular flexibility index (Phi) is 2.78. The molecule has 0 unspecified atom stereocenters. The molecule has 0 heterocycles. The van der Waals surface area contributed by atoms with Gasteiger partial charge in [-0.1, -0.05) is 31.5 Å². The average molecular weight is 225 g/mol. The number of halogens is 1. The molecule has 0 aromatic heterocycles. The molecule has 0 saturated heterocycles. The lowest BCUT2D eigenvalue weighted by atomic mass is 9.98. The van der Waals surface area contributed by atoms with Crippen LogP contribution in [0.3, 0.4) is 0 Å². The van der Waals surface area contributed by atoms with Gasteiger partial charge in [0.25, 0.3) is 0 Å². The normalized spacial score (nSPS) is 18.2. The fraction of sp³-hybridized carbons (Fsp3) is 0.538. The molecule has 15 heavy (non-hydrogen) atoms. The Bertz CT molecular complexity index is 367. The van der Waals surface area contributed by atoms with E-state index in [0.717, 1.165) is 29.8 Å². The highest BCUT2D eigenvalue weighted by Crippen LogP contribution is 2.39. The maximum Gasteiger partial charge on any atom is 0.0690 e. The molecule has 1 aromatic carbocycles. The van der Waals surface area contributed by atoms with Crippen LogP contribution in [0.5, 0.6) is 0 Å². The summed E-state index contributed by atoms with van der Waals surface area (Å²) in [6.45, 7) is 4.31. The summed E-state index contributed by atoms with van der Waals surface area (Å²) in [4.78, 5) is 0. The number of aliphatic hydroxyl groups is 1. The number of benzene rings is 1. The summed E-state index contributed by atoms with van der Waals surface area (Å²) >= 11 is 6.06. The monoisotopic (exact) mass is 224 g/mol. The Morgan fingerprint density at radius 2 is 2.00 bits per heavy atom. The molecule has 0 atom stereocenters. The summed E-state index contributed by atoms with van der Waals surface area (Å²) in [5, 5.41) is 10.6. The summed E-state index contributed by atoms with van der Waals surface area (Å²) in [6.07, 6.45) is 2.60. The highest BCUT2D eigenvalue weighted by atomic mass is 35.5. The Hall–Kier alpha value is -0.530. The molecule has 2 rings (SSSR count). The molecule has 1 saturated carbocycles. The van der Waals surface area contributed by atoms with Crippen molar-refractivity contribution in [1.29, 1.82) is 0 Å². The Labute approximate surface area is 96.1 Å². The highest BCUT2D eigenvalue weighted by molar-refractivity contribution is 6.30. The van der Waals surface area contributed by atoms with E-state index in [4.69, 9.17) is 11.6 Å². The first-order chi connectivity index (χ1) is 6.98. The fourth-order valence-electron chi connectivity index (χ4n) is 1.81. The number of rotatable bonds is 3. The Balaban J connectivity index is 2.23. The minimum atomic E-state index is -0.432. The topological polar surface area (TPSA) is 20.2 Å². The van der Waals surface area contributed by atoms with E-state index in [2.05, 4.69) is 19.9 Å². The molecule has 0 aliphatic heterocycles. The van der Waals surface area contributed by atoms with E-state index in [1.165, 1.54) is 5.56 Å². The van der Waals surface area contributed by atoms with Gasteiger partial charge in [0.1, 0.15) is 0 Å². The fourth-order valence-corrected chi connectivity index (χ4v) is 2.08. The molecule has 0 bridgehead atoms. The molecule has 1 N–H and O–H groups in total. The maximum absolute atomic E-state index is 9.86. The zero-order chi connectivity index (χ0) is 11.1. The largest absolute Gasteiger partial charge is 0.390 e. The van der Waals surface area contributed by atoms with Gasteiger partial charge < -0.3 is 5.11 Å². The van der Waals surface area contributed by atoms with Gasteiger partial charge in [-0.3, -0.25) is 0 Å². The minimum absolute atomic E-state index is 0.432. The van der Waals surface area contributed by atoms with Gasteiger partial charge in [0.05, 0.1) is 5.60 Å². The number of hydrogen-bond donors (Lipinski definition) is 1. The van der Waals surface area contributed by atoms with Crippen LogP contribution in [0.2, 0.25) is 5.02 Å². The molecular formula is C13H17ClO. The van der Waals surface area contributed by atoms with Gasteiger partial charge >= 0.3 is 0 Å². The van der Waals surface area contributed by atoms with Crippen molar-refractivity contribution in [2.24, 2.45) is 0 Å². The van der Waals surface area contributed by atoms with Gasteiger partial charge in [-0.15, -0.1) is 0 Å². The zero-order valence-electron chi connectivity index (χ0n) is 9.26. The second-order valence-corrected chi connectivity index (χ2v) is 5.39. The lowest BCUT2D eigenvalue weighted by Crippen LogP contribution is -2.10. The molecule has 1 aromatic rings. The van der Waals surface area contributed by atoms with Crippen molar-refractivity contribution in [3.8, 4) is 0 Å².